The summed E-state index contributed by atoms with van der Waals surface area (Å²) in [4.78, 5) is 2.42. The highest BCUT2D eigenvalue weighted by atomic mass is 16.3. The molecule has 0 aliphatic heterocycles. The number of nitrogens with zero attached hydrogens (tertiary/aromatic N) is 1. The topological polar surface area (TPSA) is 35.5 Å². The van der Waals surface area contributed by atoms with E-state index in [4.69, 9.17) is 5.11 Å². The van der Waals surface area contributed by atoms with Crippen molar-refractivity contribution in [1.29, 1.82) is 0 Å². The molecule has 1 rings (SSSR count). The molecule has 0 saturated heterocycles. The standard InChI is InChI=1S/C11H24N2O/c1-10(2)12-6-7-13(8-9-14)11-4-3-5-11/h10-12,14H,3-9H2,1-2H3. The lowest BCUT2D eigenvalue weighted by Gasteiger charge is -2.37. The van der Waals surface area contributed by atoms with Crippen molar-refractivity contribution in [1.82, 2.24) is 10.2 Å². The zero-order valence-corrected chi connectivity index (χ0v) is 9.50. The van der Waals surface area contributed by atoms with Crippen LogP contribution in [0.1, 0.15) is 33.1 Å². The molecule has 84 valence electrons. The Labute approximate surface area is 87.5 Å². The Kier molecular flexibility index (Phi) is 5.45. The van der Waals surface area contributed by atoms with E-state index in [9.17, 15) is 0 Å². The SMILES string of the molecule is CC(C)NCCN(CCO)C1CCC1. The Morgan fingerprint density at radius 2 is 2.07 bits per heavy atom. The Bertz CT molecular complexity index is 146. The van der Waals surface area contributed by atoms with Crippen LogP contribution in [0.2, 0.25) is 0 Å². The van der Waals surface area contributed by atoms with E-state index in [0.29, 0.717) is 6.04 Å². The van der Waals surface area contributed by atoms with Crippen LogP contribution in [-0.4, -0.2) is 48.3 Å². The molecule has 0 heterocycles. The average Bonchev–Trinajstić information content (AvgIpc) is 2.00. The second kappa shape index (κ2) is 6.38. The van der Waals surface area contributed by atoms with Crippen molar-refractivity contribution in [3.63, 3.8) is 0 Å². The summed E-state index contributed by atoms with van der Waals surface area (Å²) in [5, 5.41) is 12.4. The molecule has 0 aromatic carbocycles. The summed E-state index contributed by atoms with van der Waals surface area (Å²) in [6.07, 6.45) is 4.01. The number of rotatable bonds is 7. The quantitative estimate of drug-likeness (QED) is 0.639. The molecule has 0 aromatic rings. The third-order valence-corrected chi connectivity index (χ3v) is 2.93. The first-order chi connectivity index (χ1) is 6.74. The molecule has 0 amide bonds. The second-order valence-electron chi connectivity index (χ2n) is 4.45. The molecule has 0 spiro atoms. The van der Waals surface area contributed by atoms with E-state index in [-0.39, 0.29) is 6.61 Å². The molecule has 0 bridgehead atoms. The van der Waals surface area contributed by atoms with Crippen molar-refractivity contribution >= 4 is 0 Å². The van der Waals surface area contributed by atoms with Gasteiger partial charge >= 0.3 is 0 Å². The van der Waals surface area contributed by atoms with E-state index in [1.807, 2.05) is 0 Å². The van der Waals surface area contributed by atoms with Gasteiger partial charge in [-0.3, -0.25) is 4.90 Å². The fourth-order valence-electron chi connectivity index (χ4n) is 1.85. The molecular weight excluding hydrogens is 176 g/mol. The molecular formula is C11H24N2O. The molecule has 3 nitrogen and oxygen atoms in total. The summed E-state index contributed by atoms with van der Waals surface area (Å²) >= 11 is 0. The van der Waals surface area contributed by atoms with E-state index in [2.05, 4.69) is 24.1 Å². The van der Waals surface area contributed by atoms with Crippen LogP contribution in [0.3, 0.4) is 0 Å². The fourth-order valence-corrected chi connectivity index (χ4v) is 1.85. The van der Waals surface area contributed by atoms with E-state index >= 15 is 0 Å². The summed E-state index contributed by atoms with van der Waals surface area (Å²) in [6, 6.07) is 1.31. The molecule has 0 atom stereocenters. The smallest absolute Gasteiger partial charge is 0.0558 e. The molecule has 0 radical (unpaired) electrons. The molecule has 1 saturated carbocycles. The van der Waals surface area contributed by atoms with Gasteiger partial charge in [0.2, 0.25) is 0 Å². The molecule has 1 aliphatic rings. The van der Waals surface area contributed by atoms with Crippen LogP contribution in [0, 0.1) is 0 Å². The summed E-state index contributed by atoms with van der Waals surface area (Å²) in [5.41, 5.74) is 0. The molecule has 1 aliphatic carbocycles. The van der Waals surface area contributed by atoms with Gasteiger partial charge in [0.1, 0.15) is 0 Å². The summed E-state index contributed by atoms with van der Waals surface area (Å²) in [5.74, 6) is 0. The van der Waals surface area contributed by atoms with Gasteiger partial charge < -0.3 is 10.4 Å². The highest BCUT2D eigenvalue weighted by Crippen LogP contribution is 2.23. The van der Waals surface area contributed by atoms with Gasteiger partial charge in [0.05, 0.1) is 6.61 Å². The lowest BCUT2D eigenvalue weighted by molar-refractivity contribution is 0.102. The van der Waals surface area contributed by atoms with Crippen molar-refractivity contribution in [3.8, 4) is 0 Å². The first-order valence-electron chi connectivity index (χ1n) is 5.82. The zero-order chi connectivity index (χ0) is 10.4. The van der Waals surface area contributed by atoms with Gasteiger partial charge in [-0.2, -0.15) is 0 Å². The second-order valence-corrected chi connectivity index (χ2v) is 4.45. The summed E-state index contributed by atoms with van der Waals surface area (Å²) in [7, 11) is 0. The minimum atomic E-state index is 0.290. The van der Waals surface area contributed by atoms with Crippen LogP contribution in [-0.2, 0) is 0 Å². The third kappa shape index (κ3) is 3.95. The number of aliphatic hydroxyl groups excluding tert-OH is 1. The van der Waals surface area contributed by atoms with Gasteiger partial charge in [-0.1, -0.05) is 20.3 Å². The van der Waals surface area contributed by atoms with Crippen LogP contribution in [0.25, 0.3) is 0 Å². The molecule has 2 N–H and O–H groups in total. The van der Waals surface area contributed by atoms with Crippen LogP contribution >= 0.6 is 0 Å². The van der Waals surface area contributed by atoms with E-state index in [1.54, 1.807) is 0 Å². The highest BCUT2D eigenvalue weighted by molar-refractivity contribution is 4.80. The van der Waals surface area contributed by atoms with Crippen LogP contribution in [0.15, 0.2) is 0 Å². The monoisotopic (exact) mass is 200 g/mol. The maximum Gasteiger partial charge on any atom is 0.0558 e. The van der Waals surface area contributed by atoms with Crippen LogP contribution < -0.4 is 5.32 Å². The first-order valence-corrected chi connectivity index (χ1v) is 5.82. The minimum absolute atomic E-state index is 0.290. The van der Waals surface area contributed by atoms with Gasteiger partial charge in [0.15, 0.2) is 0 Å². The normalized spacial score (nSPS) is 17.8. The van der Waals surface area contributed by atoms with Gasteiger partial charge in [-0.25, -0.2) is 0 Å². The molecule has 14 heavy (non-hydrogen) atoms. The lowest BCUT2D eigenvalue weighted by Crippen LogP contribution is -2.45. The largest absolute Gasteiger partial charge is 0.395 e. The lowest BCUT2D eigenvalue weighted by atomic mass is 9.91. The minimum Gasteiger partial charge on any atom is -0.395 e. The molecule has 3 heteroatoms. The number of hydrogen-bond acceptors (Lipinski definition) is 3. The van der Waals surface area contributed by atoms with E-state index in [1.165, 1.54) is 19.3 Å². The maximum absolute atomic E-state index is 8.95. The number of hydrogen-bond donors (Lipinski definition) is 2. The summed E-state index contributed by atoms with van der Waals surface area (Å²) in [6.45, 7) is 7.57. The van der Waals surface area contributed by atoms with Gasteiger partial charge in [0.25, 0.3) is 0 Å². The van der Waals surface area contributed by atoms with Crippen molar-refractivity contribution in [2.24, 2.45) is 0 Å². The van der Waals surface area contributed by atoms with Crippen LogP contribution in [0.4, 0.5) is 0 Å². The first kappa shape index (κ1) is 12.0. The Balaban J connectivity index is 2.14. The molecule has 0 unspecified atom stereocenters. The van der Waals surface area contributed by atoms with Gasteiger partial charge in [-0.15, -0.1) is 0 Å². The third-order valence-electron chi connectivity index (χ3n) is 2.93. The predicted octanol–water partition coefficient (Wildman–Crippen LogP) is 0.831. The Morgan fingerprint density at radius 3 is 2.50 bits per heavy atom. The predicted molar refractivity (Wildman–Crippen MR) is 59.4 cm³/mol. The number of aliphatic hydroxyl groups is 1. The zero-order valence-electron chi connectivity index (χ0n) is 9.50. The molecule has 0 aromatic heterocycles. The van der Waals surface area contributed by atoms with Crippen LogP contribution in [0.5, 0.6) is 0 Å². The summed E-state index contributed by atoms with van der Waals surface area (Å²) < 4.78 is 0. The van der Waals surface area contributed by atoms with Crippen molar-refractivity contribution in [2.45, 2.75) is 45.2 Å². The van der Waals surface area contributed by atoms with Crippen molar-refractivity contribution in [3.05, 3.63) is 0 Å². The maximum atomic E-state index is 8.95. The Hall–Kier alpha value is -0.120. The highest BCUT2D eigenvalue weighted by Gasteiger charge is 2.23. The van der Waals surface area contributed by atoms with Gasteiger partial charge in [-0.05, 0) is 12.8 Å². The number of nitrogens with one attached hydrogen (secondary N) is 1. The van der Waals surface area contributed by atoms with E-state index < -0.39 is 0 Å². The Morgan fingerprint density at radius 1 is 1.36 bits per heavy atom. The fraction of sp³-hybridized carbons (Fsp3) is 1.00. The molecule has 1 fully saturated rings. The van der Waals surface area contributed by atoms with E-state index in [0.717, 1.165) is 25.7 Å². The van der Waals surface area contributed by atoms with Crippen molar-refractivity contribution < 1.29 is 5.11 Å². The average molecular weight is 200 g/mol. The van der Waals surface area contributed by atoms with Crippen molar-refractivity contribution in [2.75, 3.05) is 26.2 Å². The van der Waals surface area contributed by atoms with Gasteiger partial charge in [0, 0.05) is 31.7 Å².